The van der Waals surface area contributed by atoms with E-state index in [4.69, 9.17) is 0 Å². The molecule has 0 aliphatic heterocycles. The molecule has 0 aliphatic carbocycles. The van der Waals surface area contributed by atoms with Crippen molar-refractivity contribution in [2.45, 2.75) is 116 Å². The molecule has 0 atom stereocenters. The predicted octanol–water partition coefficient (Wildman–Crippen LogP) is 8.29. The minimum Gasteiger partial charge on any atom is -0.0654 e. The van der Waals surface area contributed by atoms with Gasteiger partial charge in [-0.2, -0.15) is 0 Å². The van der Waals surface area contributed by atoms with Gasteiger partial charge >= 0.3 is 0 Å². The largest absolute Gasteiger partial charge is 0.0654 e. The molecule has 1 rings (SSSR count). The standard InChI is InChI=1S/C24H41/c1-2-3-4-5-6-7-8-9-10-11-12-13-14-15-16-18-21-24-22-19-17-20-23-24/h19-20,22-23H,2-16,18,21H2,1H3. The molecule has 0 N–H and O–H groups in total. The minimum absolute atomic E-state index is 1.24. The molecule has 137 valence electrons. The van der Waals surface area contributed by atoms with E-state index in [-0.39, 0.29) is 0 Å². The van der Waals surface area contributed by atoms with Gasteiger partial charge in [0.1, 0.15) is 0 Å². The molecular formula is C24H41. The zero-order valence-corrected chi connectivity index (χ0v) is 16.3. The van der Waals surface area contributed by atoms with Crippen molar-refractivity contribution >= 4 is 0 Å². The van der Waals surface area contributed by atoms with Crippen LogP contribution >= 0.6 is 0 Å². The molecule has 0 heterocycles. The number of aryl methyl sites for hydroxylation is 1. The fourth-order valence-electron chi connectivity index (χ4n) is 3.47. The van der Waals surface area contributed by atoms with E-state index in [0.29, 0.717) is 0 Å². The highest BCUT2D eigenvalue weighted by atomic mass is 14.0. The number of hydrogen-bond donors (Lipinski definition) is 0. The Morgan fingerprint density at radius 2 is 0.917 bits per heavy atom. The van der Waals surface area contributed by atoms with Gasteiger partial charge in [-0.05, 0) is 24.5 Å². The molecule has 24 heavy (non-hydrogen) atoms. The Labute approximate surface area is 152 Å². The molecule has 0 unspecified atom stereocenters. The van der Waals surface area contributed by atoms with E-state index < -0.39 is 0 Å². The second-order valence-electron chi connectivity index (χ2n) is 7.46. The molecule has 0 amide bonds. The Kier molecular flexibility index (Phi) is 15.1. The molecule has 0 spiro atoms. The van der Waals surface area contributed by atoms with E-state index >= 15 is 0 Å². The normalized spacial score (nSPS) is 11.0. The van der Waals surface area contributed by atoms with Crippen molar-refractivity contribution in [2.24, 2.45) is 0 Å². The first-order valence-corrected chi connectivity index (χ1v) is 10.9. The van der Waals surface area contributed by atoms with Gasteiger partial charge in [0, 0.05) is 0 Å². The molecule has 0 heteroatoms. The van der Waals surface area contributed by atoms with E-state index in [2.05, 4.69) is 25.1 Å². The fraction of sp³-hybridized carbons (Fsp3) is 0.750. The molecule has 1 aromatic rings. The van der Waals surface area contributed by atoms with Gasteiger partial charge < -0.3 is 0 Å². The van der Waals surface area contributed by atoms with Crippen molar-refractivity contribution in [1.82, 2.24) is 0 Å². The molecule has 0 aromatic heterocycles. The second kappa shape index (κ2) is 17.1. The van der Waals surface area contributed by atoms with E-state index in [9.17, 15) is 0 Å². The van der Waals surface area contributed by atoms with Crippen LogP contribution in [0.1, 0.15) is 115 Å². The summed E-state index contributed by atoms with van der Waals surface area (Å²) in [6.07, 6.45) is 24.4. The Morgan fingerprint density at radius 1 is 0.542 bits per heavy atom. The van der Waals surface area contributed by atoms with Gasteiger partial charge in [0.2, 0.25) is 0 Å². The van der Waals surface area contributed by atoms with Crippen LogP contribution in [0.2, 0.25) is 0 Å². The molecule has 0 saturated carbocycles. The zero-order valence-electron chi connectivity index (χ0n) is 16.3. The van der Waals surface area contributed by atoms with Gasteiger partial charge in [-0.15, -0.1) is 0 Å². The summed E-state index contributed by atoms with van der Waals surface area (Å²) in [6, 6.07) is 11.5. The molecular weight excluding hydrogens is 288 g/mol. The lowest BCUT2D eigenvalue weighted by Gasteiger charge is -2.04. The first-order valence-electron chi connectivity index (χ1n) is 10.9. The smallest absolute Gasteiger partial charge is 0.0184 e. The van der Waals surface area contributed by atoms with Crippen LogP contribution in [0.3, 0.4) is 0 Å². The fourth-order valence-corrected chi connectivity index (χ4v) is 3.47. The summed E-state index contributed by atoms with van der Waals surface area (Å²) in [5.74, 6) is 0. The van der Waals surface area contributed by atoms with E-state index in [0.717, 1.165) is 0 Å². The Bertz CT molecular complexity index is 340. The Morgan fingerprint density at radius 3 is 1.33 bits per heavy atom. The predicted molar refractivity (Wildman–Crippen MR) is 109 cm³/mol. The maximum atomic E-state index is 3.09. The molecule has 0 fully saturated rings. The van der Waals surface area contributed by atoms with Crippen molar-refractivity contribution in [3.8, 4) is 0 Å². The molecule has 0 nitrogen and oxygen atoms in total. The summed E-state index contributed by atoms with van der Waals surface area (Å²) in [4.78, 5) is 0. The molecule has 1 radical (unpaired) electrons. The monoisotopic (exact) mass is 329 g/mol. The van der Waals surface area contributed by atoms with E-state index in [1.54, 1.807) is 0 Å². The van der Waals surface area contributed by atoms with Crippen molar-refractivity contribution in [3.63, 3.8) is 0 Å². The van der Waals surface area contributed by atoms with E-state index in [1.807, 2.05) is 12.1 Å². The highest BCUT2D eigenvalue weighted by molar-refractivity contribution is 5.13. The van der Waals surface area contributed by atoms with Crippen LogP contribution in [0.5, 0.6) is 0 Å². The van der Waals surface area contributed by atoms with E-state index in [1.165, 1.54) is 115 Å². The summed E-state index contributed by atoms with van der Waals surface area (Å²) >= 11 is 0. The van der Waals surface area contributed by atoms with Crippen LogP contribution in [0.15, 0.2) is 24.3 Å². The third-order valence-corrected chi connectivity index (χ3v) is 5.11. The molecule has 1 aromatic carbocycles. The lowest BCUT2D eigenvalue weighted by Crippen LogP contribution is -1.86. The van der Waals surface area contributed by atoms with Crippen molar-refractivity contribution in [2.75, 3.05) is 0 Å². The average molecular weight is 330 g/mol. The van der Waals surface area contributed by atoms with Gasteiger partial charge in [-0.3, -0.25) is 0 Å². The molecule has 0 aliphatic rings. The van der Waals surface area contributed by atoms with Gasteiger partial charge in [-0.25, -0.2) is 0 Å². The average Bonchev–Trinajstić information content (AvgIpc) is 2.62. The number of rotatable bonds is 17. The summed E-state index contributed by atoms with van der Waals surface area (Å²) in [5.41, 5.74) is 1.47. The summed E-state index contributed by atoms with van der Waals surface area (Å²) in [6.45, 7) is 2.30. The Hall–Kier alpha value is -0.780. The summed E-state index contributed by atoms with van der Waals surface area (Å²) in [5, 5.41) is 0. The van der Waals surface area contributed by atoms with Crippen LogP contribution in [-0.2, 0) is 6.42 Å². The first kappa shape index (κ1) is 21.3. The topological polar surface area (TPSA) is 0 Å². The SMILES string of the molecule is CCCCCCCCCCCCCCCCCCc1cc[c]cc1. The third-order valence-electron chi connectivity index (χ3n) is 5.11. The minimum atomic E-state index is 1.24. The quantitative estimate of drug-likeness (QED) is 0.252. The first-order chi connectivity index (χ1) is 11.9. The number of hydrogen-bond acceptors (Lipinski definition) is 0. The molecule has 0 bridgehead atoms. The zero-order chi connectivity index (χ0) is 17.1. The van der Waals surface area contributed by atoms with Gasteiger partial charge in [0.25, 0.3) is 0 Å². The van der Waals surface area contributed by atoms with Crippen molar-refractivity contribution in [1.29, 1.82) is 0 Å². The van der Waals surface area contributed by atoms with Crippen LogP contribution in [0.25, 0.3) is 0 Å². The Balaban J connectivity index is 1.70. The maximum absolute atomic E-state index is 3.09. The lowest BCUT2D eigenvalue weighted by atomic mass is 10.0. The van der Waals surface area contributed by atoms with Crippen LogP contribution in [-0.4, -0.2) is 0 Å². The highest BCUT2D eigenvalue weighted by Crippen LogP contribution is 2.14. The molecule has 0 saturated heterocycles. The van der Waals surface area contributed by atoms with Gasteiger partial charge in [-0.1, -0.05) is 128 Å². The van der Waals surface area contributed by atoms with Crippen LogP contribution in [0, 0.1) is 6.07 Å². The van der Waals surface area contributed by atoms with Gasteiger partial charge in [0.15, 0.2) is 0 Å². The summed E-state index contributed by atoms with van der Waals surface area (Å²) in [7, 11) is 0. The number of benzene rings is 1. The second-order valence-corrected chi connectivity index (χ2v) is 7.46. The highest BCUT2D eigenvalue weighted by Gasteiger charge is 1.95. The van der Waals surface area contributed by atoms with Crippen molar-refractivity contribution in [3.05, 3.63) is 35.9 Å². The maximum Gasteiger partial charge on any atom is -0.0184 e. The van der Waals surface area contributed by atoms with Crippen LogP contribution < -0.4 is 0 Å². The van der Waals surface area contributed by atoms with Crippen molar-refractivity contribution < 1.29 is 0 Å². The van der Waals surface area contributed by atoms with Gasteiger partial charge in [0.05, 0.1) is 0 Å². The number of unbranched alkanes of at least 4 members (excludes halogenated alkanes) is 15. The summed E-state index contributed by atoms with van der Waals surface area (Å²) < 4.78 is 0. The lowest BCUT2D eigenvalue weighted by molar-refractivity contribution is 0.529. The van der Waals surface area contributed by atoms with Crippen LogP contribution in [0.4, 0.5) is 0 Å². The third kappa shape index (κ3) is 13.6.